The van der Waals surface area contributed by atoms with Crippen molar-refractivity contribution in [3.8, 4) is 0 Å². The van der Waals surface area contributed by atoms with E-state index in [2.05, 4.69) is 26.6 Å². The summed E-state index contributed by atoms with van der Waals surface area (Å²) < 4.78 is 0. The van der Waals surface area contributed by atoms with E-state index in [1.54, 1.807) is 11.3 Å². The third kappa shape index (κ3) is 5.48. The van der Waals surface area contributed by atoms with Gasteiger partial charge in [-0.3, -0.25) is 14.7 Å². The minimum absolute atomic E-state index is 0.0816. The number of benzene rings is 1. The van der Waals surface area contributed by atoms with Gasteiger partial charge in [0.25, 0.3) is 5.91 Å². The Kier molecular flexibility index (Phi) is 6.81. The molecule has 2 N–H and O–H groups in total. The predicted octanol–water partition coefficient (Wildman–Crippen LogP) is 3.10. The lowest BCUT2D eigenvalue weighted by Gasteiger charge is -2.15. The van der Waals surface area contributed by atoms with E-state index < -0.39 is 0 Å². The van der Waals surface area contributed by atoms with Crippen molar-refractivity contribution in [3.05, 3.63) is 63.6 Å². The molecule has 0 saturated carbocycles. The Morgan fingerprint density at radius 3 is 2.70 bits per heavy atom. The second-order valence-corrected chi connectivity index (χ2v) is 9.06. The van der Waals surface area contributed by atoms with E-state index in [0.29, 0.717) is 23.7 Å². The first kappa shape index (κ1) is 20.6. The number of carbonyl (C=O) groups is 2. The molecule has 0 spiro atoms. The highest BCUT2D eigenvalue weighted by Crippen LogP contribution is 2.16. The smallest absolute Gasteiger partial charge is 0.253 e. The summed E-state index contributed by atoms with van der Waals surface area (Å²) in [4.78, 5) is 32.0. The van der Waals surface area contributed by atoms with Gasteiger partial charge in [0.2, 0.25) is 11.1 Å². The van der Waals surface area contributed by atoms with Crippen LogP contribution in [0.4, 0.5) is 0 Å². The largest absolute Gasteiger partial charge is 0.351 e. The molecule has 3 aromatic rings. The van der Waals surface area contributed by atoms with Gasteiger partial charge in [0.1, 0.15) is 5.82 Å². The molecule has 9 heteroatoms. The van der Waals surface area contributed by atoms with Crippen molar-refractivity contribution in [2.45, 2.75) is 31.0 Å². The standard InChI is InChI=1S/C21H23N5O2S2/c27-19(14-30-21-23-18(24-25-21)12-17-4-3-11-29-17)22-13-15-5-7-16(8-6-15)20(28)26-9-1-2-10-26/h3-8,11H,1-2,9-10,12-14H2,(H,22,27)(H,23,24,25). The molecule has 4 rings (SSSR count). The van der Waals surface area contributed by atoms with Crippen LogP contribution in [0, 0.1) is 0 Å². The number of nitrogens with zero attached hydrogens (tertiary/aromatic N) is 3. The molecule has 3 heterocycles. The molecule has 0 unspecified atom stereocenters. The van der Waals surface area contributed by atoms with Crippen molar-refractivity contribution >= 4 is 34.9 Å². The zero-order chi connectivity index (χ0) is 20.8. The van der Waals surface area contributed by atoms with Gasteiger partial charge in [-0.15, -0.1) is 16.4 Å². The van der Waals surface area contributed by atoms with Crippen LogP contribution in [-0.2, 0) is 17.8 Å². The summed E-state index contributed by atoms with van der Waals surface area (Å²) in [6.45, 7) is 2.11. The summed E-state index contributed by atoms with van der Waals surface area (Å²) in [7, 11) is 0. The SMILES string of the molecule is O=C(CSc1n[nH]c(Cc2cccs2)n1)NCc1ccc(C(=O)N2CCCC2)cc1. The molecule has 156 valence electrons. The van der Waals surface area contributed by atoms with Crippen LogP contribution in [0.15, 0.2) is 46.9 Å². The van der Waals surface area contributed by atoms with Gasteiger partial charge >= 0.3 is 0 Å². The van der Waals surface area contributed by atoms with E-state index in [1.807, 2.05) is 40.6 Å². The molecule has 1 aliphatic heterocycles. The molecule has 1 aromatic carbocycles. The average molecular weight is 442 g/mol. The number of thioether (sulfide) groups is 1. The molecule has 2 amide bonds. The quantitative estimate of drug-likeness (QED) is 0.524. The average Bonchev–Trinajstić information content (AvgIpc) is 3.54. The Morgan fingerprint density at radius 2 is 1.97 bits per heavy atom. The van der Waals surface area contributed by atoms with Crippen LogP contribution >= 0.6 is 23.1 Å². The first-order valence-electron chi connectivity index (χ1n) is 9.89. The number of thiophene rings is 1. The Balaban J connectivity index is 1.20. The van der Waals surface area contributed by atoms with Crippen LogP contribution in [0.5, 0.6) is 0 Å². The van der Waals surface area contributed by atoms with E-state index in [4.69, 9.17) is 0 Å². The molecule has 0 bridgehead atoms. The van der Waals surface area contributed by atoms with Crippen molar-refractivity contribution in [3.63, 3.8) is 0 Å². The van der Waals surface area contributed by atoms with Crippen LogP contribution in [0.3, 0.4) is 0 Å². The normalized spacial score (nSPS) is 13.5. The number of nitrogens with one attached hydrogen (secondary N) is 2. The molecule has 0 aliphatic carbocycles. The van der Waals surface area contributed by atoms with Crippen LogP contribution < -0.4 is 5.32 Å². The minimum atomic E-state index is -0.0816. The molecule has 30 heavy (non-hydrogen) atoms. The lowest BCUT2D eigenvalue weighted by atomic mass is 10.1. The summed E-state index contributed by atoms with van der Waals surface area (Å²) in [5.41, 5.74) is 1.66. The summed E-state index contributed by atoms with van der Waals surface area (Å²) in [5, 5.41) is 12.6. The van der Waals surface area contributed by atoms with E-state index in [9.17, 15) is 9.59 Å². The third-order valence-corrected chi connectivity index (χ3v) is 6.57. The van der Waals surface area contributed by atoms with Crippen LogP contribution in [0.25, 0.3) is 0 Å². The number of hydrogen-bond acceptors (Lipinski definition) is 6. The molecule has 1 fully saturated rings. The fourth-order valence-corrected chi connectivity index (χ4v) is 4.61. The summed E-state index contributed by atoms with van der Waals surface area (Å²) in [6.07, 6.45) is 2.88. The maximum Gasteiger partial charge on any atom is 0.253 e. The number of carbonyl (C=O) groups excluding carboxylic acids is 2. The van der Waals surface area contributed by atoms with Gasteiger partial charge in [-0.2, -0.15) is 0 Å². The topological polar surface area (TPSA) is 91.0 Å². The maximum atomic E-state index is 12.4. The second kappa shape index (κ2) is 9.90. The highest BCUT2D eigenvalue weighted by molar-refractivity contribution is 7.99. The van der Waals surface area contributed by atoms with Gasteiger partial charge in [0.05, 0.1) is 5.75 Å². The van der Waals surface area contributed by atoms with Crippen LogP contribution in [0.1, 0.15) is 39.5 Å². The molecule has 1 saturated heterocycles. The fourth-order valence-electron chi connectivity index (χ4n) is 3.25. The number of H-pyrrole nitrogens is 1. The van der Waals surface area contributed by atoms with Crippen molar-refractivity contribution < 1.29 is 9.59 Å². The predicted molar refractivity (Wildman–Crippen MR) is 118 cm³/mol. The van der Waals surface area contributed by atoms with Crippen molar-refractivity contribution in [2.75, 3.05) is 18.8 Å². The monoisotopic (exact) mass is 441 g/mol. The number of rotatable bonds is 8. The van der Waals surface area contributed by atoms with Gasteiger partial charge in [0.15, 0.2) is 0 Å². The Bertz CT molecular complexity index is 979. The van der Waals surface area contributed by atoms with Crippen molar-refractivity contribution in [1.82, 2.24) is 25.4 Å². The molecule has 0 radical (unpaired) electrons. The van der Waals surface area contributed by atoms with Gasteiger partial charge in [-0.05, 0) is 42.0 Å². The van der Waals surface area contributed by atoms with Crippen molar-refractivity contribution in [1.29, 1.82) is 0 Å². The van der Waals surface area contributed by atoms with Gasteiger partial charge < -0.3 is 10.2 Å². The maximum absolute atomic E-state index is 12.4. The highest BCUT2D eigenvalue weighted by Gasteiger charge is 2.19. The van der Waals surface area contributed by atoms with E-state index >= 15 is 0 Å². The summed E-state index contributed by atoms with van der Waals surface area (Å²) in [5.74, 6) is 1.05. The van der Waals surface area contributed by atoms with Crippen LogP contribution in [-0.4, -0.2) is 50.7 Å². The van der Waals surface area contributed by atoms with Crippen LogP contribution in [0.2, 0.25) is 0 Å². The Hall–Kier alpha value is -2.65. The van der Waals surface area contributed by atoms with Gasteiger partial charge in [-0.25, -0.2) is 4.98 Å². The Morgan fingerprint density at radius 1 is 1.17 bits per heavy atom. The summed E-state index contributed by atoms with van der Waals surface area (Å²) in [6, 6.07) is 11.5. The summed E-state index contributed by atoms with van der Waals surface area (Å²) >= 11 is 2.98. The fraction of sp³-hybridized carbons (Fsp3) is 0.333. The zero-order valence-corrected chi connectivity index (χ0v) is 18.1. The molecular weight excluding hydrogens is 418 g/mol. The van der Waals surface area contributed by atoms with E-state index in [1.165, 1.54) is 16.6 Å². The van der Waals surface area contributed by atoms with Gasteiger partial charge in [0, 0.05) is 36.5 Å². The number of aromatic amines is 1. The first-order valence-corrected chi connectivity index (χ1v) is 11.8. The van der Waals surface area contributed by atoms with Gasteiger partial charge in [-0.1, -0.05) is 30.0 Å². The molecular formula is C21H23N5O2S2. The molecule has 2 aromatic heterocycles. The number of likely N-dealkylation sites (tertiary alicyclic amines) is 1. The highest BCUT2D eigenvalue weighted by atomic mass is 32.2. The first-order chi connectivity index (χ1) is 14.7. The lowest BCUT2D eigenvalue weighted by Crippen LogP contribution is -2.27. The van der Waals surface area contributed by atoms with Crippen molar-refractivity contribution in [2.24, 2.45) is 0 Å². The molecule has 1 aliphatic rings. The van der Waals surface area contributed by atoms with E-state index in [-0.39, 0.29) is 17.6 Å². The zero-order valence-electron chi connectivity index (χ0n) is 16.5. The number of aromatic nitrogens is 3. The Labute approximate surface area is 183 Å². The number of hydrogen-bond donors (Lipinski definition) is 2. The van der Waals surface area contributed by atoms with E-state index in [0.717, 1.165) is 37.3 Å². The number of amides is 2. The molecule has 0 atom stereocenters. The minimum Gasteiger partial charge on any atom is -0.351 e. The second-order valence-electron chi connectivity index (χ2n) is 7.08. The molecule has 7 nitrogen and oxygen atoms in total. The third-order valence-electron chi connectivity index (χ3n) is 4.85. The lowest BCUT2D eigenvalue weighted by molar-refractivity contribution is -0.118.